The van der Waals surface area contributed by atoms with E-state index in [0.29, 0.717) is 29.5 Å². The highest BCUT2D eigenvalue weighted by molar-refractivity contribution is 5.99. The second-order valence-electron chi connectivity index (χ2n) is 9.33. The molecule has 1 aromatic heterocycles. The molecule has 5 N–H and O–H groups in total. The highest BCUT2D eigenvalue weighted by Gasteiger charge is 2.28. The molecule has 2 fully saturated rings. The lowest BCUT2D eigenvalue weighted by Gasteiger charge is -2.22. The third-order valence-corrected chi connectivity index (χ3v) is 6.59. The van der Waals surface area contributed by atoms with Crippen molar-refractivity contribution < 1.29 is 9.59 Å². The highest BCUT2D eigenvalue weighted by atomic mass is 16.2. The molecule has 1 atom stereocenters. The summed E-state index contributed by atoms with van der Waals surface area (Å²) in [7, 11) is 1.60. The topological polar surface area (TPSA) is 121 Å². The Labute approximate surface area is 206 Å². The summed E-state index contributed by atoms with van der Waals surface area (Å²) < 4.78 is 0. The SMILES string of the molecule is CN=C/C(=C\N)NC(=O)C(CC1CCCC1)NC(=O)c1cccc(Nc2cccnc2C2CC2)c1. The van der Waals surface area contributed by atoms with Crippen LogP contribution in [0.25, 0.3) is 0 Å². The second-order valence-corrected chi connectivity index (χ2v) is 9.33. The molecule has 35 heavy (non-hydrogen) atoms. The van der Waals surface area contributed by atoms with Crippen molar-refractivity contribution in [3.8, 4) is 0 Å². The number of nitrogens with one attached hydrogen (secondary N) is 3. The van der Waals surface area contributed by atoms with Gasteiger partial charge in [0.25, 0.3) is 5.91 Å². The lowest BCUT2D eigenvalue weighted by atomic mass is 9.97. The molecule has 2 aliphatic carbocycles. The number of aromatic nitrogens is 1. The van der Waals surface area contributed by atoms with Crippen molar-refractivity contribution in [3.05, 3.63) is 65.7 Å². The van der Waals surface area contributed by atoms with Crippen LogP contribution in [0.3, 0.4) is 0 Å². The van der Waals surface area contributed by atoms with Gasteiger partial charge in [0.15, 0.2) is 0 Å². The Hall–Kier alpha value is -3.68. The molecule has 0 spiro atoms. The van der Waals surface area contributed by atoms with E-state index in [1.165, 1.54) is 12.4 Å². The molecule has 2 amide bonds. The number of hydrogen-bond acceptors (Lipinski definition) is 6. The number of nitrogens with two attached hydrogens (primary N) is 1. The average Bonchev–Trinajstić information content (AvgIpc) is 3.59. The van der Waals surface area contributed by atoms with E-state index in [9.17, 15) is 9.59 Å². The van der Waals surface area contributed by atoms with Gasteiger partial charge in [-0.25, -0.2) is 0 Å². The Kier molecular flexibility index (Phi) is 8.13. The van der Waals surface area contributed by atoms with E-state index in [0.717, 1.165) is 55.6 Å². The maximum Gasteiger partial charge on any atom is 0.252 e. The van der Waals surface area contributed by atoms with Crippen LogP contribution in [0, 0.1) is 5.92 Å². The Morgan fingerprint density at radius 2 is 1.97 bits per heavy atom. The van der Waals surface area contributed by atoms with Crippen molar-refractivity contribution in [1.82, 2.24) is 15.6 Å². The minimum Gasteiger partial charge on any atom is -0.403 e. The first kappa shape index (κ1) is 24.4. The van der Waals surface area contributed by atoms with Gasteiger partial charge >= 0.3 is 0 Å². The maximum absolute atomic E-state index is 13.2. The molecule has 0 radical (unpaired) electrons. The molecular weight excluding hydrogens is 440 g/mol. The van der Waals surface area contributed by atoms with Gasteiger partial charge in [-0.1, -0.05) is 31.7 Å². The van der Waals surface area contributed by atoms with Crippen LogP contribution >= 0.6 is 0 Å². The van der Waals surface area contributed by atoms with Gasteiger partial charge in [-0.05, 0) is 55.5 Å². The number of amides is 2. The van der Waals surface area contributed by atoms with Crippen molar-refractivity contribution in [2.45, 2.75) is 56.9 Å². The van der Waals surface area contributed by atoms with Crippen LogP contribution < -0.4 is 21.7 Å². The molecule has 8 nitrogen and oxygen atoms in total. The summed E-state index contributed by atoms with van der Waals surface area (Å²) in [5, 5.41) is 9.15. The smallest absolute Gasteiger partial charge is 0.252 e. The number of rotatable bonds is 10. The molecule has 1 aromatic carbocycles. The Morgan fingerprint density at radius 1 is 1.17 bits per heavy atom. The number of carbonyl (C=O) groups is 2. The number of allylic oxidation sites excluding steroid dienone is 1. The summed E-state index contributed by atoms with van der Waals surface area (Å²) in [6, 6.07) is 10.6. The molecular formula is C27H34N6O2. The van der Waals surface area contributed by atoms with Crippen LogP contribution in [0.5, 0.6) is 0 Å². The summed E-state index contributed by atoms with van der Waals surface area (Å²) >= 11 is 0. The zero-order valence-corrected chi connectivity index (χ0v) is 20.2. The van der Waals surface area contributed by atoms with E-state index in [2.05, 4.69) is 25.9 Å². The molecule has 0 saturated heterocycles. The van der Waals surface area contributed by atoms with E-state index in [-0.39, 0.29) is 11.8 Å². The third-order valence-electron chi connectivity index (χ3n) is 6.59. The van der Waals surface area contributed by atoms with E-state index in [1.54, 1.807) is 19.2 Å². The van der Waals surface area contributed by atoms with E-state index >= 15 is 0 Å². The number of benzene rings is 1. The number of carbonyl (C=O) groups excluding carboxylic acids is 2. The molecule has 4 rings (SSSR count). The normalized spacial score (nSPS) is 17.3. The van der Waals surface area contributed by atoms with Crippen molar-refractivity contribution in [1.29, 1.82) is 0 Å². The third kappa shape index (κ3) is 6.68. The molecule has 8 heteroatoms. The fourth-order valence-corrected chi connectivity index (χ4v) is 4.64. The minimum atomic E-state index is -0.665. The number of pyridine rings is 1. The fourth-order valence-electron chi connectivity index (χ4n) is 4.64. The lowest BCUT2D eigenvalue weighted by Crippen LogP contribution is -2.47. The summed E-state index contributed by atoms with van der Waals surface area (Å²) in [5.74, 6) is 0.337. The minimum absolute atomic E-state index is 0.289. The lowest BCUT2D eigenvalue weighted by molar-refractivity contribution is -0.122. The van der Waals surface area contributed by atoms with E-state index in [1.807, 2.05) is 30.5 Å². The van der Waals surface area contributed by atoms with Gasteiger partial charge < -0.3 is 21.7 Å². The van der Waals surface area contributed by atoms with Crippen LogP contribution in [-0.4, -0.2) is 36.1 Å². The van der Waals surface area contributed by atoms with Crippen molar-refractivity contribution in [2.75, 3.05) is 12.4 Å². The Morgan fingerprint density at radius 3 is 2.69 bits per heavy atom. The summed E-state index contributed by atoms with van der Waals surface area (Å²) in [5.41, 5.74) is 9.33. The monoisotopic (exact) mass is 474 g/mol. The molecule has 2 aliphatic rings. The Bertz CT molecular complexity index is 1100. The average molecular weight is 475 g/mol. The summed E-state index contributed by atoms with van der Waals surface area (Å²) in [6.07, 6.45) is 12.0. The van der Waals surface area contributed by atoms with Gasteiger partial charge in [0.05, 0.1) is 17.1 Å². The van der Waals surface area contributed by atoms with Gasteiger partial charge in [0, 0.05) is 42.8 Å². The largest absolute Gasteiger partial charge is 0.403 e. The van der Waals surface area contributed by atoms with Gasteiger partial charge in [0.2, 0.25) is 5.91 Å². The highest BCUT2D eigenvalue weighted by Crippen LogP contribution is 2.42. The van der Waals surface area contributed by atoms with Crippen molar-refractivity contribution in [2.24, 2.45) is 16.6 Å². The van der Waals surface area contributed by atoms with Crippen LogP contribution in [-0.2, 0) is 4.79 Å². The number of nitrogens with zero attached hydrogens (tertiary/aromatic N) is 2. The van der Waals surface area contributed by atoms with Gasteiger partial charge in [-0.2, -0.15) is 0 Å². The van der Waals surface area contributed by atoms with Crippen LogP contribution in [0.1, 0.15) is 66.9 Å². The van der Waals surface area contributed by atoms with Crippen molar-refractivity contribution in [3.63, 3.8) is 0 Å². The predicted molar refractivity (Wildman–Crippen MR) is 139 cm³/mol. The standard InChI is InChI=1S/C27H34N6O2/c1-29-17-22(16-28)32-27(35)24(14-18-6-2-3-7-18)33-26(34)20-8-4-9-21(15-20)31-23-10-5-13-30-25(23)19-11-12-19/h4-5,8-10,13,15-19,24,31H,2-3,6-7,11-12,14,28H2,1H3,(H,32,35)(H,33,34)/b22-16+,29-17?. The molecule has 1 unspecified atom stereocenters. The number of hydrogen-bond donors (Lipinski definition) is 4. The second kappa shape index (κ2) is 11.6. The Balaban J connectivity index is 1.47. The first-order valence-electron chi connectivity index (χ1n) is 12.3. The molecule has 2 saturated carbocycles. The summed E-state index contributed by atoms with van der Waals surface area (Å²) in [6.45, 7) is 0. The van der Waals surface area contributed by atoms with Crippen LogP contribution in [0.2, 0.25) is 0 Å². The number of aliphatic imine (C=N–C) groups is 1. The van der Waals surface area contributed by atoms with Gasteiger partial charge in [-0.15, -0.1) is 0 Å². The molecule has 0 bridgehead atoms. The van der Waals surface area contributed by atoms with Crippen LogP contribution in [0.15, 0.2) is 59.5 Å². The molecule has 1 heterocycles. The molecule has 2 aromatic rings. The summed E-state index contributed by atoms with van der Waals surface area (Å²) in [4.78, 5) is 34.7. The first-order chi connectivity index (χ1) is 17.1. The zero-order valence-electron chi connectivity index (χ0n) is 20.2. The first-order valence-corrected chi connectivity index (χ1v) is 12.3. The van der Waals surface area contributed by atoms with Crippen LogP contribution in [0.4, 0.5) is 11.4 Å². The van der Waals surface area contributed by atoms with Crippen molar-refractivity contribution >= 4 is 29.4 Å². The van der Waals surface area contributed by atoms with E-state index < -0.39 is 6.04 Å². The maximum atomic E-state index is 13.2. The fraction of sp³-hybridized carbons (Fsp3) is 0.407. The van der Waals surface area contributed by atoms with Gasteiger partial charge in [-0.3, -0.25) is 19.6 Å². The predicted octanol–water partition coefficient (Wildman–Crippen LogP) is 4.00. The van der Waals surface area contributed by atoms with E-state index in [4.69, 9.17) is 5.73 Å². The zero-order chi connectivity index (χ0) is 24.6. The van der Waals surface area contributed by atoms with Gasteiger partial charge in [0.1, 0.15) is 6.04 Å². The quantitative estimate of drug-likeness (QED) is 0.388. The number of anilines is 2. The molecule has 0 aliphatic heterocycles. The molecule has 184 valence electrons.